The van der Waals surface area contributed by atoms with E-state index in [9.17, 15) is 0 Å². The third-order valence-corrected chi connectivity index (χ3v) is 3.21. The number of hydrogen-bond donors (Lipinski definition) is 0. The van der Waals surface area contributed by atoms with E-state index in [1.54, 1.807) is 0 Å². The van der Waals surface area contributed by atoms with E-state index >= 15 is 0 Å². The number of nitrogens with zero attached hydrogens (tertiary/aromatic N) is 2. The molecule has 96 valence electrons. The highest BCUT2D eigenvalue weighted by atomic mass is 15.1. The van der Waals surface area contributed by atoms with Gasteiger partial charge in [-0.3, -0.25) is 4.90 Å². The second kappa shape index (κ2) is 6.17. The molecule has 0 bridgehead atoms. The van der Waals surface area contributed by atoms with Gasteiger partial charge in [0.15, 0.2) is 0 Å². The van der Waals surface area contributed by atoms with Gasteiger partial charge in [0, 0.05) is 13.1 Å². The minimum Gasteiger partial charge on any atom is -0.298 e. The Morgan fingerprint density at radius 1 is 1.05 bits per heavy atom. The van der Waals surface area contributed by atoms with Gasteiger partial charge < -0.3 is 0 Å². The minimum absolute atomic E-state index is 0.724. The lowest BCUT2D eigenvalue weighted by molar-refractivity contribution is 0.318. The van der Waals surface area contributed by atoms with Gasteiger partial charge in [0.25, 0.3) is 0 Å². The molecular weight excluding hydrogens is 232 g/mol. The van der Waals surface area contributed by atoms with Crippen molar-refractivity contribution in [3.05, 3.63) is 70.8 Å². The summed E-state index contributed by atoms with van der Waals surface area (Å²) >= 11 is 0. The van der Waals surface area contributed by atoms with Gasteiger partial charge in [0.1, 0.15) is 0 Å². The van der Waals surface area contributed by atoms with Crippen molar-refractivity contribution in [1.82, 2.24) is 4.90 Å². The highest BCUT2D eigenvalue weighted by Gasteiger charge is 2.04. The summed E-state index contributed by atoms with van der Waals surface area (Å²) in [6.07, 6.45) is 0. The summed E-state index contributed by atoms with van der Waals surface area (Å²) < 4.78 is 0. The number of aryl methyl sites for hydroxylation is 1. The van der Waals surface area contributed by atoms with Gasteiger partial charge in [0.05, 0.1) is 11.6 Å². The second-order valence-electron chi connectivity index (χ2n) is 4.91. The topological polar surface area (TPSA) is 27.0 Å². The Balaban J connectivity index is 2.03. The lowest BCUT2D eigenvalue weighted by atomic mass is 10.1. The maximum atomic E-state index is 8.90. The van der Waals surface area contributed by atoms with E-state index in [1.165, 1.54) is 16.7 Å². The highest BCUT2D eigenvalue weighted by molar-refractivity contribution is 5.32. The molecule has 0 aliphatic heterocycles. The first-order valence-corrected chi connectivity index (χ1v) is 6.41. The van der Waals surface area contributed by atoms with Crippen LogP contribution in [0.15, 0.2) is 48.5 Å². The highest BCUT2D eigenvalue weighted by Crippen LogP contribution is 2.12. The molecule has 0 fully saturated rings. The van der Waals surface area contributed by atoms with Crippen molar-refractivity contribution in [1.29, 1.82) is 5.26 Å². The molecule has 2 heteroatoms. The Bertz CT molecular complexity index is 596. The quantitative estimate of drug-likeness (QED) is 0.830. The molecule has 2 nitrogen and oxygen atoms in total. The number of hydrogen-bond acceptors (Lipinski definition) is 2. The summed E-state index contributed by atoms with van der Waals surface area (Å²) in [4.78, 5) is 2.26. The molecule has 2 aromatic carbocycles. The first-order valence-electron chi connectivity index (χ1n) is 6.41. The van der Waals surface area contributed by atoms with Crippen molar-refractivity contribution in [3.63, 3.8) is 0 Å². The van der Waals surface area contributed by atoms with Crippen LogP contribution < -0.4 is 0 Å². The van der Waals surface area contributed by atoms with Crippen molar-refractivity contribution in [2.75, 3.05) is 7.05 Å². The van der Waals surface area contributed by atoms with Crippen LogP contribution in [-0.2, 0) is 13.1 Å². The predicted molar refractivity (Wildman–Crippen MR) is 77.5 cm³/mol. The van der Waals surface area contributed by atoms with Gasteiger partial charge in [0.2, 0.25) is 0 Å². The smallest absolute Gasteiger partial charge is 0.0991 e. The van der Waals surface area contributed by atoms with Crippen molar-refractivity contribution >= 4 is 0 Å². The third-order valence-electron chi connectivity index (χ3n) is 3.21. The predicted octanol–water partition coefficient (Wildman–Crippen LogP) is 3.50. The molecule has 2 aromatic rings. The summed E-state index contributed by atoms with van der Waals surface area (Å²) in [5, 5.41) is 8.90. The lowest BCUT2D eigenvalue weighted by Crippen LogP contribution is -2.17. The Labute approximate surface area is 114 Å². The maximum Gasteiger partial charge on any atom is 0.0991 e. The molecule has 0 N–H and O–H groups in total. The molecule has 0 saturated heterocycles. The van der Waals surface area contributed by atoms with Crippen LogP contribution in [0.1, 0.15) is 22.3 Å². The largest absolute Gasteiger partial charge is 0.298 e. The fraction of sp³-hybridized carbons (Fsp3) is 0.235. The molecule has 0 heterocycles. The minimum atomic E-state index is 0.724. The molecule has 0 amide bonds. The number of nitriles is 1. The van der Waals surface area contributed by atoms with Crippen LogP contribution in [0.5, 0.6) is 0 Å². The van der Waals surface area contributed by atoms with Gasteiger partial charge in [-0.15, -0.1) is 0 Å². The summed E-state index contributed by atoms with van der Waals surface area (Å²) in [6.45, 7) is 3.91. The normalized spacial score (nSPS) is 10.4. The molecule has 0 unspecified atom stereocenters. The molecule has 2 rings (SSSR count). The summed E-state index contributed by atoms with van der Waals surface area (Å²) in [5.41, 5.74) is 4.57. The monoisotopic (exact) mass is 250 g/mol. The van der Waals surface area contributed by atoms with E-state index in [-0.39, 0.29) is 0 Å². The lowest BCUT2D eigenvalue weighted by Gasteiger charge is -2.18. The Hall–Kier alpha value is -2.11. The Morgan fingerprint density at radius 3 is 2.58 bits per heavy atom. The van der Waals surface area contributed by atoms with E-state index in [0.717, 1.165) is 18.7 Å². The average molecular weight is 250 g/mol. The van der Waals surface area contributed by atoms with Crippen LogP contribution in [0.3, 0.4) is 0 Å². The summed E-state index contributed by atoms with van der Waals surface area (Å²) in [5.74, 6) is 0. The maximum absolute atomic E-state index is 8.90. The molecule has 19 heavy (non-hydrogen) atoms. The molecule has 0 aromatic heterocycles. The SMILES string of the molecule is Cc1ccccc1CN(C)Cc1cccc(C#N)c1. The van der Waals surface area contributed by atoms with Crippen LogP contribution in [0, 0.1) is 18.3 Å². The second-order valence-corrected chi connectivity index (χ2v) is 4.91. The van der Waals surface area contributed by atoms with Crippen molar-refractivity contribution in [2.24, 2.45) is 0 Å². The van der Waals surface area contributed by atoms with E-state index in [1.807, 2.05) is 18.2 Å². The molecule has 0 aliphatic rings. The van der Waals surface area contributed by atoms with Crippen molar-refractivity contribution in [3.8, 4) is 6.07 Å². The van der Waals surface area contributed by atoms with Gasteiger partial charge in [-0.05, 0) is 42.8 Å². The number of benzene rings is 2. The zero-order chi connectivity index (χ0) is 13.7. The Kier molecular flexibility index (Phi) is 4.33. The van der Waals surface area contributed by atoms with Crippen molar-refractivity contribution in [2.45, 2.75) is 20.0 Å². The molecule has 0 aliphatic carbocycles. The van der Waals surface area contributed by atoms with E-state index < -0.39 is 0 Å². The van der Waals surface area contributed by atoms with Gasteiger partial charge in [-0.1, -0.05) is 36.4 Å². The summed E-state index contributed by atoms with van der Waals surface area (Å²) in [6, 6.07) is 18.4. The van der Waals surface area contributed by atoms with E-state index in [2.05, 4.69) is 55.3 Å². The van der Waals surface area contributed by atoms with Crippen molar-refractivity contribution < 1.29 is 0 Å². The molecular formula is C17H18N2. The third kappa shape index (κ3) is 3.67. The zero-order valence-electron chi connectivity index (χ0n) is 11.4. The first-order chi connectivity index (χ1) is 9.19. The van der Waals surface area contributed by atoms with Gasteiger partial charge >= 0.3 is 0 Å². The van der Waals surface area contributed by atoms with Crippen LogP contribution in [0.25, 0.3) is 0 Å². The molecule has 0 radical (unpaired) electrons. The van der Waals surface area contributed by atoms with Crippen LogP contribution in [0.4, 0.5) is 0 Å². The van der Waals surface area contributed by atoms with Crippen LogP contribution in [-0.4, -0.2) is 11.9 Å². The van der Waals surface area contributed by atoms with E-state index in [4.69, 9.17) is 5.26 Å². The summed E-state index contributed by atoms with van der Waals surface area (Å²) in [7, 11) is 2.10. The Morgan fingerprint density at radius 2 is 1.84 bits per heavy atom. The number of rotatable bonds is 4. The molecule has 0 spiro atoms. The van der Waals surface area contributed by atoms with Crippen LogP contribution in [0.2, 0.25) is 0 Å². The standard InChI is InChI=1S/C17H18N2/c1-14-6-3-4-9-17(14)13-19(2)12-16-8-5-7-15(10-16)11-18/h3-10H,12-13H2,1-2H3. The first kappa shape index (κ1) is 13.3. The van der Waals surface area contributed by atoms with Gasteiger partial charge in [-0.2, -0.15) is 5.26 Å². The fourth-order valence-electron chi connectivity index (χ4n) is 2.19. The van der Waals surface area contributed by atoms with Crippen LogP contribution >= 0.6 is 0 Å². The average Bonchev–Trinajstić information content (AvgIpc) is 2.41. The molecule has 0 saturated carbocycles. The van der Waals surface area contributed by atoms with E-state index in [0.29, 0.717) is 0 Å². The fourth-order valence-corrected chi connectivity index (χ4v) is 2.19. The zero-order valence-corrected chi connectivity index (χ0v) is 11.4. The van der Waals surface area contributed by atoms with Gasteiger partial charge in [-0.25, -0.2) is 0 Å². The molecule has 0 atom stereocenters.